The summed E-state index contributed by atoms with van der Waals surface area (Å²) < 4.78 is 23.9. The fourth-order valence-electron chi connectivity index (χ4n) is 1.42. The SMILES string of the molecule is COc1cc(F)c(Br)c(CC(C)=O)c1OC. The van der Waals surface area contributed by atoms with Gasteiger partial charge in [-0.05, 0) is 22.9 Å². The van der Waals surface area contributed by atoms with Crippen LogP contribution in [0.5, 0.6) is 11.5 Å². The van der Waals surface area contributed by atoms with E-state index in [4.69, 9.17) is 9.47 Å². The molecule has 88 valence electrons. The number of ketones is 1. The average Bonchev–Trinajstić information content (AvgIpc) is 2.23. The zero-order valence-corrected chi connectivity index (χ0v) is 10.9. The van der Waals surface area contributed by atoms with Crippen LogP contribution in [0.25, 0.3) is 0 Å². The van der Waals surface area contributed by atoms with Gasteiger partial charge in [0.05, 0.1) is 18.7 Å². The summed E-state index contributed by atoms with van der Waals surface area (Å²) in [5.74, 6) is 0.103. The summed E-state index contributed by atoms with van der Waals surface area (Å²) in [5.41, 5.74) is 0.465. The lowest BCUT2D eigenvalue weighted by molar-refractivity contribution is -0.116. The van der Waals surface area contributed by atoms with Crippen molar-refractivity contribution in [3.8, 4) is 11.5 Å². The van der Waals surface area contributed by atoms with Gasteiger partial charge in [0.1, 0.15) is 11.6 Å². The number of rotatable bonds is 4. The van der Waals surface area contributed by atoms with Crippen molar-refractivity contribution < 1.29 is 18.7 Å². The smallest absolute Gasteiger partial charge is 0.165 e. The van der Waals surface area contributed by atoms with E-state index in [0.29, 0.717) is 11.3 Å². The highest BCUT2D eigenvalue weighted by molar-refractivity contribution is 9.10. The van der Waals surface area contributed by atoms with E-state index in [1.807, 2.05) is 0 Å². The van der Waals surface area contributed by atoms with Gasteiger partial charge in [-0.1, -0.05) is 0 Å². The minimum Gasteiger partial charge on any atom is -0.493 e. The second-order valence-corrected chi connectivity index (χ2v) is 4.06. The second-order valence-electron chi connectivity index (χ2n) is 3.27. The Hall–Kier alpha value is -1.10. The van der Waals surface area contributed by atoms with Crippen LogP contribution in [0.15, 0.2) is 10.5 Å². The lowest BCUT2D eigenvalue weighted by Gasteiger charge is -2.14. The van der Waals surface area contributed by atoms with Gasteiger partial charge in [-0.25, -0.2) is 4.39 Å². The molecule has 0 fully saturated rings. The lowest BCUT2D eigenvalue weighted by atomic mass is 10.1. The Labute approximate surface area is 102 Å². The van der Waals surface area contributed by atoms with Gasteiger partial charge in [-0.15, -0.1) is 0 Å². The maximum Gasteiger partial charge on any atom is 0.165 e. The maximum atomic E-state index is 13.5. The number of hydrogen-bond donors (Lipinski definition) is 0. The molecule has 16 heavy (non-hydrogen) atoms. The minimum atomic E-state index is -0.478. The molecule has 0 aliphatic rings. The summed E-state index contributed by atoms with van der Waals surface area (Å²) in [6.07, 6.45) is 0.0951. The van der Waals surface area contributed by atoms with Crippen molar-refractivity contribution in [2.24, 2.45) is 0 Å². The summed E-state index contributed by atoms with van der Waals surface area (Å²) in [4.78, 5) is 11.1. The molecule has 0 N–H and O–H groups in total. The van der Waals surface area contributed by atoms with E-state index in [0.717, 1.165) is 0 Å². The quantitative estimate of drug-likeness (QED) is 0.855. The van der Waals surface area contributed by atoms with Gasteiger partial charge in [-0.2, -0.15) is 0 Å². The van der Waals surface area contributed by atoms with Crippen molar-refractivity contribution in [1.29, 1.82) is 0 Å². The summed E-state index contributed by atoms with van der Waals surface area (Å²) in [5, 5.41) is 0. The monoisotopic (exact) mass is 290 g/mol. The molecule has 3 nitrogen and oxygen atoms in total. The molecule has 1 rings (SSSR count). The van der Waals surface area contributed by atoms with E-state index in [9.17, 15) is 9.18 Å². The Morgan fingerprint density at radius 3 is 2.50 bits per heavy atom. The van der Waals surface area contributed by atoms with Gasteiger partial charge in [-0.3, -0.25) is 4.79 Å². The number of carbonyl (C=O) groups is 1. The topological polar surface area (TPSA) is 35.5 Å². The molecule has 1 aromatic rings. The fraction of sp³-hybridized carbons (Fsp3) is 0.364. The van der Waals surface area contributed by atoms with Crippen LogP contribution in [0.4, 0.5) is 4.39 Å². The molecule has 0 saturated carbocycles. The van der Waals surface area contributed by atoms with Crippen LogP contribution in [0.3, 0.4) is 0 Å². The third kappa shape index (κ3) is 2.52. The Morgan fingerprint density at radius 1 is 1.44 bits per heavy atom. The van der Waals surface area contributed by atoms with E-state index < -0.39 is 5.82 Å². The van der Waals surface area contributed by atoms with Gasteiger partial charge < -0.3 is 9.47 Å². The van der Waals surface area contributed by atoms with Crippen molar-refractivity contribution in [3.05, 3.63) is 21.9 Å². The predicted molar refractivity (Wildman–Crippen MR) is 61.6 cm³/mol. The van der Waals surface area contributed by atoms with Crippen LogP contribution in [-0.2, 0) is 11.2 Å². The van der Waals surface area contributed by atoms with Gasteiger partial charge in [0, 0.05) is 18.1 Å². The standard InChI is InChI=1S/C11H12BrFO3/c1-6(14)4-7-10(12)8(13)5-9(15-2)11(7)16-3/h5H,4H2,1-3H3. The Balaban J connectivity index is 3.40. The first-order valence-corrected chi connectivity index (χ1v) is 5.38. The van der Waals surface area contributed by atoms with Gasteiger partial charge in [0.2, 0.25) is 0 Å². The Morgan fingerprint density at radius 2 is 2.06 bits per heavy atom. The first-order chi connectivity index (χ1) is 7.51. The molecule has 0 unspecified atom stereocenters. The number of Topliss-reactive ketones (excluding diaryl/α,β-unsaturated/α-hetero) is 1. The summed E-state index contributed by atoms with van der Waals surface area (Å²) in [7, 11) is 2.87. The molecule has 1 aromatic carbocycles. The van der Waals surface area contributed by atoms with Crippen molar-refractivity contribution in [2.75, 3.05) is 14.2 Å². The highest BCUT2D eigenvalue weighted by Crippen LogP contribution is 2.38. The third-order valence-corrected chi connectivity index (χ3v) is 2.94. The largest absolute Gasteiger partial charge is 0.493 e. The summed E-state index contributed by atoms with van der Waals surface area (Å²) in [6, 6.07) is 1.21. The predicted octanol–water partition coefficient (Wildman–Crippen LogP) is 2.74. The normalized spacial score (nSPS) is 10.1. The zero-order chi connectivity index (χ0) is 12.3. The van der Waals surface area contributed by atoms with Gasteiger partial charge >= 0.3 is 0 Å². The van der Waals surface area contributed by atoms with Crippen LogP contribution < -0.4 is 9.47 Å². The molecule has 0 saturated heterocycles. The molecule has 0 spiro atoms. The summed E-state index contributed by atoms with van der Waals surface area (Å²) in [6.45, 7) is 1.43. The molecule has 0 aliphatic heterocycles. The first kappa shape index (κ1) is 13.0. The number of hydrogen-bond acceptors (Lipinski definition) is 3. The molecular weight excluding hydrogens is 279 g/mol. The number of methoxy groups -OCH3 is 2. The molecule has 0 amide bonds. The molecule has 0 atom stereocenters. The maximum absolute atomic E-state index is 13.5. The highest BCUT2D eigenvalue weighted by atomic mass is 79.9. The fourth-order valence-corrected chi connectivity index (χ4v) is 1.85. The van der Waals surface area contributed by atoms with Crippen molar-refractivity contribution in [3.63, 3.8) is 0 Å². The van der Waals surface area contributed by atoms with E-state index in [2.05, 4.69) is 15.9 Å². The minimum absolute atomic E-state index is 0.0772. The Bertz CT molecular complexity index is 418. The average molecular weight is 291 g/mol. The van der Waals surface area contributed by atoms with E-state index in [-0.39, 0.29) is 22.4 Å². The molecule has 0 bridgehead atoms. The molecule has 0 aliphatic carbocycles. The Kier molecular flexibility index (Phi) is 4.29. The highest BCUT2D eigenvalue weighted by Gasteiger charge is 2.19. The van der Waals surface area contributed by atoms with Crippen molar-refractivity contribution in [1.82, 2.24) is 0 Å². The molecule has 0 heterocycles. The van der Waals surface area contributed by atoms with Crippen LogP contribution in [0.2, 0.25) is 0 Å². The number of halogens is 2. The molecule has 0 aromatic heterocycles. The zero-order valence-electron chi connectivity index (χ0n) is 9.27. The summed E-state index contributed by atoms with van der Waals surface area (Å²) >= 11 is 3.10. The second kappa shape index (κ2) is 5.30. The van der Waals surface area contributed by atoms with Crippen LogP contribution in [0.1, 0.15) is 12.5 Å². The van der Waals surface area contributed by atoms with E-state index in [1.165, 1.54) is 27.2 Å². The van der Waals surface area contributed by atoms with Crippen LogP contribution in [-0.4, -0.2) is 20.0 Å². The lowest BCUT2D eigenvalue weighted by Crippen LogP contribution is -2.04. The van der Waals surface area contributed by atoms with Crippen LogP contribution in [0, 0.1) is 5.82 Å². The van der Waals surface area contributed by atoms with Crippen molar-refractivity contribution in [2.45, 2.75) is 13.3 Å². The number of benzene rings is 1. The molecule has 0 radical (unpaired) electrons. The molecule has 5 heteroatoms. The third-order valence-electron chi connectivity index (χ3n) is 2.08. The van der Waals surface area contributed by atoms with E-state index >= 15 is 0 Å². The number of ether oxygens (including phenoxy) is 2. The van der Waals surface area contributed by atoms with Crippen LogP contribution >= 0.6 is 15.9 Å². The van der Waals surface area contributed by atoms with Crippen molar-refractivity contribution >= 4 is 21.7 Å². The molecular formula is C11H12BrFO3. The number of carbonyl (C=O) groups excluding carboxylic acids is 1. The van der Waals surface area contributed by atoms with Gasteiger partial charge in [0.15, 0.2) is 11.5 Å². The van der Waals surface area contributed by atoms with Gasteiger partial charge in [0.25, 0.3) is 0 Å². The first-order valence-electron chi connectivity index (χ1n) is 4.59. The van der Waals surface area contributed by atoms with E-state index in [1.54, 1.807) is 0 Å².